The Labute approximate surface area is 219 Å². The molecule has 3 aromatic rings. The van der Waals surface area contributed by atoms with Gasteiger partial charge >= 0.3 is 6.09 Å². The molecule has 1 aromatic carbocycles. The summed E-state index contributed by atoms with van der Waals surface area (Å²) >= 11 is 17.1. The Kier molecular flexibility index (Phi) is 7.83. The number of morpholine rings is 1. The van der Waals surface area contributed by atoms with Crippen LogP contribution < -0.4 is 5.32 Å². The average Bonchev–Trinajstić information content (AvgIpc) is 3.40. The first-order chi connectivity index (χ1) is 16.5. The third-order valence-electron chi connectivity index (χ3n) is 5.61. The van der Waals surface area contributed by atoms with Crippen molar-refractivity contribution in [2.24, 2.45) is 0 Å². The number of carbonyl (C=O) groups is 1. The van der Waals surface area contributed by atoms with Gasteiger partial charge in [0.25, 0.3) is 0 Å². The van der Waals surface area contributed by atoms with Crippen molar-refractivity contribution in [1.29, 1.82) is 0 Å². The molecule has 0 radical (unpaired) electrons. The molecule has 1 N–H and O–H groups in total. The van der Waals surface area contributed by atoms with Crippen LogP contribution >= 0.6 is 34.8 Å². The van der Waals surface area contributed by atoms with Gasteiger partial charge in [-0.3, -0.25) is 14.9 Å². The van der Waals surface area contributed by atoms with E-state index in [1.165, 1.54) is 0 Å². The lowest BCUT2D eigenvalue weighted by Crippen LogP contribution is -2.38. The summed E-state index contributed by atoms with van der Waals surface area (Å²) in [4.78, 5) is 14.7. The van der Waals surface area contributed by atoms with E-state index in [1.54, 1.807) is 4.68 Å². The molecule has 1 aliphatic rings. The lowest BCUT2D eigenvalue weighted by atomic mass is 9.92. The van der Waals surface area contributed by atoms with Crippen LogP contribution in [0.1, 0.15) is 26.5 Å². The zero-order valence-electron chi connectivity index (χ0n) is 19.9. The molecule has 1 saturated heterocycles. The number of nitrogens with zero attached hydrogens (tertiary/aromatic N) is 5. The van der Waals surface area contributed by atoms with Crippen molar-refractivity contribution in [3.8, 4) is 5.69 Å². The number of ether oxygens (including phenoxy) is 2. The SMILES string of the molecule is CC(C)(C)c1cc(NC(=O)OCC(Cl)(Cl)Cl)n(-c2ccc3cn(CCN4CCOCC4)nc3c2)n1. The molecule has 2 aromatic heterocycles. The lowest BCUT2D eigenvalue weighted by Gasteiger charge is -2.26. The molecule has 190 valence electrons. The van der Waals surface area contributed by atoms with Gasteiger partial charge in [0.1, 0.15) is 12.4 Å². The highest BCUT2D eigenvalue weighted by molar-refractivity contribution is 6.67. The maximum Gasteiger partial charge on any atom is 0.412 e. The number of anilines is 1. The number of carbonyl (C=O) groups excluding carboxylic acids is 1. The first-order valence-corrected chi connectivity index (χ1v) is 12.5. The quantitative estimate of drug-likeness (QED) is 0.451. The van der Waals surface area contributed by atoms with Crippen molar-refractivity contribution >= 4 is 57.6 Å². The van der Waals surface area contributed by atoms with Crippen LogP contribution in [-0.2, 0) is 21.4 Å². The van der Waals surface area contributed by atoms with Crippen LogP contribution in [0.4, 0.5) is 10.6 Å². The summed E-state index contributed by atoms with van der Waals surface area (Å²) in [6.45, 7) is 10.9. The predicted octanol–water partition coefficient (Wildman–Crippen LogP) is 4.77. The molecule has 1 fully saturated rings. The smallest absolute Gasteiger partial charge is 0.412 e. The standard InChI is InChI=1S/C23H29Cl3N6O3/c1-22(2,3)19-13-20(27-21(33)35-15-23(24,25)26)32(29-19)17-5-4-16-14-31(28-18(16)12-17)7-6-30-8-10-34-11-9-30/h4-5,12-14H,6-11,15H2,1-3H3,(H,27,33). The normalized spacial score (nSPS) is 15.5. The molecule has 0 bridgehead atoms. The Balaban J connectivity index is 1.56. The van der Waals surface area contributed by atoms with E-state index in [-0.39, 0.29) is 12.0 Å². The molecular formula is C23H29Cl3N6O3. The Morgan fingerprint density at radius 3 is 2.54 bits per heavy atom. The van der Waals surface area contributed by atoms with Crippen LogP contribution in [0.3, 0.4) is 0 Å². The van der Waals surface area contributed by atoms with E-state index < -0.39 is 9.89 Å². The third-order valence-corrected chi connectivity index (χ3v) is 5.93. The van der Waals surface area contributed by atoms with E-state index in [0.717, 1.165) is 61.7 Å². The molecular weight excluding hydrogens is 515 g/mol. The zero-order valence-corrected chi connectivity index (χ0v) is 22.2. The molecule has 12 heteroatoms. The van der Waals surface area contributed by atoms with Gasteiger partial charge in [0.15, 0.2) is 0 Å². The second kappa shape index (κ2) is 10.5. The third kappa shape index (κ3) is 7.01. The lowest BCUT2D eigenvalue weighted by molar-refractivity contribution is 0.0360. The molecule has 3 heterocycles. The van der Waals surface area contributed by atoms with Crippen LogP contribution in [-0.4, -0.2) is 73.8 Å². The molecule has 0 unspecified atom stereocenters. The van der Waals surface area contributed by atoms with Crippen LogP contribution in [0.5, 0.6) is 0 Å². The number of hydrogen-bond acceptors (Lipinski definition) is 6. The summed E-state index contributed by atoms with van der Waals surface area (Å²) in [7, 11) is 0. The van der Waals surface area contributed by atoms with E-state index in [4.69, 9.17) is 54.5 Å². The predicted molar refractivity (Wildman–Crippen MR) is 138 cm³/mol. The first-order valence-electron chi connectivity index (χ1n) is 11.4. The molecule has 0 saturated carbocycles. The maximum absolute atomic E-state index is 12.3. The fourth-order valence-electron chi connectivity index (χ4n) is 3.69. The molecule has 35 heavy (non-hydrogen) atoms. The number of fused-ring (bicyclic) bond motifs is 1. The zero-order chi connectivity index (χ0) is 25.2. The summed E-state index contributed by atoms with van der Waals surface area (Å²) in [5.41, 5.74) is 2.14. The maximum atomic E-state index is 12.3. The minimum atomic E-state index is -1.69. The Morgan fingerprint density at radius 1 is 1.11 bits per heavy atom. The fraction of sp³-hybridized carbons (Fsp3) is 0.522. The average molecular weight is 544 g/mol. The number of halogens is 3. The van der Waals surface area contributed by atoms with Crippen molar-refractivity contribution in [3.63, 3.8) is 0 Å². The summed E-state index contributed by atoms with van der Waals surface area (Å²) in [6.07, 6.45) is 1.29. The van der Waals surface area contributed by atoms with Gasteiger partial charge in [-0.05, 0) is 18.2 Å². The first kappa shape index (κ1) is 26.0. The molecule has 0 atom stereocenters. The molecule has 0 spiro atoms. The van der Waals surface area contributed by atoms with E-state index in [0.29, 0.717) is 5.82 Å². The summed E-state index contributed by atoms with van der Waals surface area (Å²) < 4.78 is 12.4. The minimum Gasteiger partial charge on any atom is -0.445 e. The molecule has 1 amide bonds. The number of alkyl halides is 3. The van der Waals surface area contributed by atoms with Gasteiger partial charge in [0.2, 0.25) is 3.79 Å². The highest BCUT2D eigenvalue weighted by Crippen LogP contribution is 2.29. The van der Waals surface area contributed by atoms with Crippen molar-refractivity contribution in [2.45, 2.75) is 36.5 Å². The number of hydrogen-bond donors (Lipinski definition) is 1. The Morgan fingerprint density at radius 2 is 1.86 bits per heavy atom. The summed E-state index contributed by atoms with van der Waals surface area (Å²) in [5, 5.41) is 13.2. The fourth-order valence-corrected chi connectivity index (χ4v) is 3.86. The summed E-state index contributed by atoms with van der Waals surface area (Å²) in [5.74, 6) is 0.440. The number of nitrogens with one attached hydrogen (secondary N) is 1. The molecule has 1 aliphatic heterocycles. The topological polar surface area (TPSA) is 86.4 Å². The van der Waals surface area contributed by atoms with Crippen molar-refractivity contribution in [2.75, 3.05) is 44.8 Å². The highest BCUT2D eigenvalue weighted by Gasteiger charge is 2.25. The molecule has 0 aliphatic carbocycles. The van der Waals surface area contributed by atoms with Gasteiger partial charge < -0.3 is 9.47 Å². The van der Waals surface area contributed by atoms with E-state index in [9.17, 15) is 4.79 Å². The van der Waals surface area contributed by atoms with E-state index in [1.807, 2.05) is 55.9 Å². The van der Waals surface area contributed by atoms with Crippen LogP contribution in [0, 0.1) is 0 Å². The Bertz CT molecular complexity index is 1180. The number of benzene rings is 1. The van der Waals surface area contributed by atoms with Crippen molar-refractivity contribution in [1.82, 2.24) is 24.5 Å². The van der Waals surface area contributed by atoms with Crippen molar-refractivity contribution < 1.29 is 14.3 Å². The highest BCUT2D eigenvalue weighted by atomic mass is 35.6. The van der Waals surface area contributed by atoms with E-state index in [2.05, 4.69) is 10.2 Å². The van der Waals surface area contributed by atoms with Gasteiger partial charge in [0.05, 0.1) is 36.7 Å². The van der Waals surface area contributed by atoms with E-state index >= 15 is 0 Å². The van der Waals surface area contributed by atoms with Gasteiger partial charge in [-0.1, -0.05) is 55.6 Å². The minimum absolute atomic E-state index is 0.242. The second-order valence-electron chi connectivity index (χ2n) is 9.48. The number of aromatic nitrogens is 4. The van der Waals surface area contributed by atoms with Gasteiger partial charge in [-0.25, -0.2) is 9.48 Å². The van der Waals surface area contributed by atoms with Gasteiger partial charge in [0, 0.05) is 42.7 Å². The molecule has 4 rings (SSSR count). The summed E-state index contributed by atoms with van der Waals surface area (Å²) in [6, 6.07) is 7.68. The Hall–Kier alpha value is -2.04. The van der Waals surface area contributed by atoms with Crippen LogP contribution in [0.25, 0.3) is 16.6 Å². The number of amides is 1. The van der Waals surface area contributed by atoms with Crippen LogP contribution in [0.15, 0.2) is 30.5 Å². The van der Waals surface area contributed by atoms with Gasteiger partial charge in [-0.15, -0.1) is 0 Å². The van der Waals surface area contributed by atoms with Crippen molar-refractivity contribution in [3.05, 3.63) is 36.2 Å². The number of rotatable bonds is 6. The molecule has 9 nitrogen and oxygen atoms in total. The second-order valence-corrected chi connectivity index (χ2v) is 12.0. The largest absolute Gasteiger partial charge is 0.445 e. The van der Waals surface area contributed by atoms with Gasteiger partial charge in [-0.2, -0.15) is 10.2 Å². The van der Waals surface area contributed by atoms with Crippen LogP contribution in [0.2, 0.25) is 0 Å². The monoisotopic (exact) mass is 542 g/mol.